The number of rotatable bonds is 7. The van der Waals surface area contributed by atoms with Gasteiger partial charge < -0.3 is 14.5 Å². The number of sulfone groups is 1. The number of methoxy groups -OCH3 is 2. The number of imide groups is 1. The molecule has 1 aliphatic heterocycles. The van der Waals surface area contributed by atoms with Crippen LogP contribution in [0.25, 0.3) is 11.3 Å². The number of aromatic nitrogens is 1. The number of hydrogen-bond acceptors (Lipinski definition) is 6. The normalized spacial score (nSPS) is 14.4. The van der Waals surface area contributed by atoms with Crippen molar-refractivity contribution in [3.63, 3.8) is 0 Å². The van der Waals surface area contributed by atoms with Crippen molar-refractivity contribution in [1.82, 2.24) is 9.88 Å². The van der Waals surface area contributed by atoms with Crippen LogP contribution < -0.4 is 9.47 Å². The van der Waals surface area contributed by atoms with Crippen molar-refractivity contribution >= 4 is 21.7 Å². The Balaban J connectivity index is 1.85. The minimum Gasteiger partial charge on any atom is -0.493 e. The Morgan fingerprint density at radius 3 is 2.28 bits per heavy atom. The molecule has 0 spiro atoms. The quantitative estimate of drug-likeness (QED) is 0.550. The SMILES string of the molecule is COc1ccc(C(CS(C)(=O)=O)N2C(=O)c3cccc(-c4ccc[nH]4)c3C2=O)cc1OC. The van der Waals surface area contributed by atoms with Gasteiger partial charge in [-0.2, -0.15) is 0 Å². The molecule has 2 amide bonds. The molecule has 1 N–H and O–H groups in total. The van der Waals surface area contributed by atoms with Crippen molar-refractivity contribution in [3.8, 4) is 22.8 Å². The van der Waals surface area contributed by atoms with Crippen molar-refractivity contribution in [2.45, 2.75) is 6.04 Å². The van der Waals surface area contributed by atoms with E-state index in [1.165, 1.54) is 14.2 Å². The van der Waals surface area contributed by atoms with Gasteiger partial charge in [0.25, 0.3) is 11.8 Å². The molecule has 4 rings (SSSR count). The summed E-state index contributed by atoms with van der Waals surface area (Å²) in [6, 6.07) is 12.4. The zero-order chi connectivity index (χ0) is 23.0. The summed E-state index contributed by atoms with van der Waals surface area (Å²) >= 11 is 0. The second-order valence-electron chi connectivity index (χ2n) is 7.51. The number of H-pyrrole nitrogens is 1. The molecule has 2 heterocycles. The summed E-state index contributed by atoms with van der Waals surface area (Å²) in [6.45, 7) is 0. The van der Waals surface area contributed by atoms with Crippen molar-refractivity contribution in [2.24, 2.45) is 0 Å². The molecular weight excluding hydrogens is 432 g/mol. The lowest BCUT2D eigenvalue weighted by Gasteiger charge is -2.26. The fourth-order valence-electron chi connectivity index (χ4n) is 3.98. The Kier molecular flexibility index (Phi) is 5.52. The number of carbonyl (C=O) groups is 2. The molecule has 0 aliphatic carbocycles. The van der Waals surface area contributed by atoms with Gasteiger partial charge in [-0.25, -0.2) is 8.42 Å². The number of carbonyl (C=O) groups excluding carboxylic acids is 2. The predicted molar refractivity (Wildman–Crippen MR) is 119 cm³/mol. The molecule has 0 bridgehead atoms. The summed E-state index contributed by atoms with van der Waals surface area (Å²) < 4.78 is 35.1. The lowest BCUT2D eigenvalue weighted by molar-refractivity contribution is 0.0597. The van der Waals surface area contributed by atoms with Gasteiger partial charge in [0.2, 0.25) is 0 Å². The van der Waals surface area contributed by atoms with Crippen molar-refractivity contribution in [1.29, 1.82) is 0 Å². The molecule has 3 aromatic rings. The van der Waals surface area contributed by atoms with Gasteiger partial charge in [-0.3, -0.25) is 14.5 Å². The zero-order valence-corrected chi connectivity index (χ0v) is 18.6. The van der Waals surface area contributed by atoms with Gasteiger partial charge >= 0.3 is 0 Å². The number of nitrogens with zero attached hydrogens (tertiary/aromatic N) is 1. The number of ether oxygens (including phenoxy) is 2. The fraction of sp³-hybridized carbons (Fsp3) is 0.217. The molecule has 0 fully saturated rings. The van der Waals surface area contributed by atoms with Crippen LogP contribution in [0.15, 0.2) is 54.7 Å². The maximum absolute atomic E-state index is 13.5. The highest BCUT2D eigenvalue weighted by Gasteiger charge is 2.43. The van der Waals surface area contributed by atoms with Crippen LogP contribution in [0, 0.1) is 0 Å². The van der Waals surface area contributed by atoms with Crippen molar-refractivity contribution < 1.29 is 27.5 Å². The van der Waals surface area contributed by atoms with Crippen LogP contribution in [-0.2, 0) is 9.84 Å². The van der Waals surface area contributed by atoms with Gasteiger partial charge in [0.05, 0.1) is 37.1 Å². The average Bonchev–Trinajstić information content (AvgIpc) is 3.38. The molecule has 0 saturated heterocycles. The highest BCUT2D eigenvalue weighted by molar-refractivity contribution is 7.90. The van der Waals surface area contributed by atoms with E-state index in [2.05, 4.69) is 4.98 Å². The summed E-state index contributed by atoms with van der Waals surface area (Å²) in [5.74, 6) is -0.690. The fourth-order valence-corrected chi connectivity index (χ4v) is 4.89. The topological polar surface area (TPSA) is 106 Å². The molecule has 0 saturated carbocycles. The molecule has 166 valence electrons. The number of nitrogens with one attached hydrogen (secondary N) is 1. The van der Waals surface area contributed by atoms with Crippen LogP contribution >= 0.6 is 0 Å². The van der Waals surface area contributed by atoms with Crippen molar-refractivity contribution in [2.75, 3.05) is 26.2 Å². The Hall–Kier alpha value is -3.59. The van der Waals surface area contributed by atoms with Crippen LogP contribution in [0.1, 0.15) is 32.3 Å². The molecule has 1 aromatic heterocycles. The molecule has 8 nitrogen and oxygen atoms in total. The molecular formula is C23H22N2O6S. The molecule has 32 heavy (non-hydrogen) atoms. The number of fused-ring (bicyclic) bond motifs is 1. The van der Waals surface area contributed by atoms with E-state index in [-0.39, 0.29) is 11.1 Å². The second kappa shape index (κ2) is 8.16. The largest absolute Gasteiger partial charge is 0.493 e. The Morgan fingerprint density at radius 2 is 1.66 bits per heavy atom. The maximum Gasteiger partial charge on any atom is 0.262 e. The van der Waals surface area contributed by atoms with E-state index in [0.717, 1.165) is 11.2 Å². The van der Waals surface area contributed by atoms with Crippen molar-refractivity contribution in [3.05, 3.63) is 71.4 Å². The Bertz CT molecular complexity index is 1300. The summed E-state index contributed by atoms with van der Waals surface area (Å²) in [5, 5.41) is 0. The minimum atomic E-state index is -3.56. The first-order chi connectivity index (χ1) is 15.2. The third-order valence-electron chi connectivity index (χ3n) is 5.40. The summed E-state index contributed by atoms with van der Waals surface area (Å²) in [4.78, 5) is 31.0. The molecule has 1 atom stereocenters. The first kappa shape index (κ1) is 21.6. The van der Waals surface area contributed by atoms with Crippen LogP contribution in [-0.4, -0.2) is 56.3 Å². The first-order valence-electron chi connectivity index (χ1n) is 9.79. The van der Waals surface area contributed by atoms with Gasteiger partial charge in [-0.1, -0.05) is 18.2 Å². The number of amides is 2. The number of benzene rings is 2. The lowest BCUT2D eigenvalue weighted by Crippen LogP contribution is -2.37. The van der Waals surface area contributed by atoms with Crippen LogP contribution in [0.5, 0.6) is 11.5 Å². The van der Waals surface area contributed by atoms with Crippen LogP contribution in [0.3, 0.4) is 0 Å². The Labute approximate surface area is 185 Å². The lowest BCUT2D eigenvalue weighted by atomic mass is 10.0. The summed E-state index contributed by atoms with van der Waals surface area (Å²) in [7, 11) is -0.616. The number of hydrogen-bond donors (Lipinski definition) is 1. The van der Waals surface area contributed by atoms with E-state index >= 15 is 0 Å². The molecule has 0 radical (unpaired) electrons. The standard InChI is InChI=1S/C23H22N2O6S/c1-30-19-10-9-14(12-20(19)31-2)18(13-32(3,28)29)25-22(26)16-7-4-6-15(21(16)23(25)27)17-8-5-11-24-17/h4-12,18,24H,13H2,1-3H3. The van der Waals surface area contributed by atoms with Crippen LogP contribution in [0.4, 0.5) is 0 Å². The molecule has 9 heteroatoms. The third-order valence-corrected chi connectivity index (χ3v) is 6.32. The highest BCUT2D eigenvalue weighted by Crippen LogP contribution is 2.39. The van der Waals surface area contributed by atoms with E-state index in [4.69, 9.17) is 9.47 Å². The van der Waals surface area contributed by atoms with Crippen LogP contribution in [0.2, 0.25) is 0 Å². The summed E-state index contributed by atoms with van der Waals surface area (Å²) in [6.07, 6.45) is 2.80. The number of aromatic amines is 1. The molecule has 2 aromatic carbocycles. The zero-order valence-electron chi connectivity index (χ0n) is 17.8. The van der Waals surface area contributed by atoms with Gasteiger partial charge in [0.15, 0.2) is 11.5 Å². The van der Waals surface area contributed by atoms with E-state index < -0.39 is 33.4 Å². The van der Waals surface area contributed by atoms with Gasteiger partial charge in [0.1, 0.15) is 9.84 Å². The van der Waals surface area contributed by atoms with E-state index in [1.807, 2.05) is 0 Å². The van der Waals surface area contributed by atoms with Gasteiger partial charge in [-0.05, 0) is 35.9 Å². The maximum atomic E-state index is 13.5. The average molecular weight is 455 g/mol. The molecule has 1 unspecified atom stereocenters. The first-order valence-corrected chi connectivity index (χ1v) is 11.9. The highest BCUT2D eigenvalue weighted by atomic mass is 32.2. The van der Waals surface area contributed by atoms with E-state index in [0.29, 0.717) is 28.3 Å². The molecule has 1 aliphatic rings. The summed E-state index contributed by atoms with van der Waals surface area (Å²) in [5.41, 5.74) is 2.21. The monoisotopic (exact) mass is 454 g/mol. The van der Waals surface area contributed by atoms with E-state index in [9.17, 15) is 18.0 Å². The van der Waals surface area contributed by atoms with Gasteiger partial charge in [-0.15, -0.1) is 0 Å². The van der Waals surface area contributed by atoms with Gasteiger partial charge in [0, 0.05) is 23.7 Å². The van der Waals surface area contributed by atoms with E-state index in [1.54, 1.807) is 54.7 Å². The smallest absolute Gasteiger partial charge is 0.262 e. The Morgan fingerprint density at radius 1 is 0.938 bits per heavy atom. The minimum absolute atomic E-state index is 0.237. The second-order valence-corrected chi connectivity index (χ2v) is 9.70. The third kappa shape index (κ3) is 3.75. The predicted octanol–water partition coefficient (Wildman–Crippen LogP) is 3.08.